The molecule has 6 nitrogen and oxygen atoms in total. The van der Waals surface area contributed by atoms with E-state index in [0.29, 0.717) is 6.54 Å². The number of nitrogens with zero attached hydrogens (tertiary/aromatic N) is 1. The average molecular weight is 285 g/mol. The Bertz CT molecular complexity index is 317. The van der Waals surface area contributed by atoms with E-state index in [2.05, 4.69) is 15.5 Å². The highest BCUT2D eigenvalue weighted by Crippen LogP contribution is 2.08. The zero-order valence-corrected chi connectivity index (χ0v) is 12.5. The lowest BCUT2D eigenvalue weighted by atomic mass is 10.0. The Kier molecular flexibility index (Phi) is 7.36. The lowest BCUT2D eigenvalue weighted by Gasteiger charge is -2.22. The van der Waals surface area contributed by atoms with Gasteiger partial charge in [-0.05, 0) is 38.8 Å². The minimum atomic E-state index is -0.818. The van der Waals surface area contributed by atoms with Crippen molar-refractivity contribution < 1.29 is 14.7 Å². The van der Waals surface area contributed by atoms with Gasteiger partial charge < -0.3 is 20.6 Å². The minimum Gasteiger partial charge on any atom is -0.481 e. The molecule has 0 spiro atoms. The lowest BCUT2D eigenvalue weighted by molar-refractivity contribution is -0.138. The van der Waals surface area contributed by atoms with Gasteiger partial charge >= 0.3 is 12.0 Å². The molecule has 0 bridgehead atoms. The summed E-state index contributed by atoms with van der Waals surface area (Å²) in [5.41, 5.74) is 0. The maximum Gasteiger partial charge on any atom is 0.315 e. The van der Waals surface area contributed by atoms with Crippen LogP contribution in [0, 0.1) is 5.92 Å². The highest BCUT2D eigenvalue weighted by Gasteiger charge is 2.17. The predicted molar refractivity (Wildman–Crippen MR) is 77.7 cm³/mol. The van der Waals surface area contributed by atoms with Crippen LogP contribution in [0.15, 0.2) is 0 Å². The van der Waals surface area contributed by atoms with Crippen molar-refractivity contribution in [2.24, 2.45) is 5.92 Å². The largest absolute Gasteiger partial charge is 0.481 e. The van der Waals surface area contributed by atoms with E-state index in [0.717, 1.165) is 26.1 Å². The standard InChI is InChI=1S/C14H27N3O3/c1-3-12(8-13(18)19)9-15-14(20)16-11(2)10-17-6-4-5-7-17/h11-12H,3-10H2,1-2H3,(H,18,19)(H2,15,16,20). The summed E-state index contributed by atoms with van der Waals surface area (Å²) >= 11 is 0. The number of hydrogen-bond donors (Lipinski definition) is 3. The first-order valence-electron chi connectivity index (χ1n) is 7.49. The quantitative estimate of drug-likeness (QED) is 0.627. The number of amides is 2. The van der Waals surface area contributed by atoms with Crippen LogP contribution < -0.4 is 10.6 Å². The fourth-order valence-corrected chi connectivity index (χ4v) is 2.52. The molecule has 6 heteroatoms. The highest BCUT2D eigenvalue weighted by molar-refractivity contribution is 5.74. The van der Waals surface area contributed by atoms with E-state index in [1.54, 1.807) is 0 Å². The van der Waals surface area contributed by atoms with Gasteiger partial charge in [0.15, 0.2) is 0 Å². The molecule has 2 atom stereocenters. The van der Waals surface area contributed by atoms with E-state index in [1.807, 2.05) is 13.8 Å². The van der Waals surface area contributed by atoms with Crippen molar-refractivity contribution in [3.8, 4) is 0 Å². The molecule has 0 aliphatic carbocycles. The molecule has 0 aromatic carbocycles. The number of carbonyl (C=O) groups excluding carboxylic acids is 1. The van der Waals surface area contributed by atoms with Crippen LogP contribution in [0.3, 0.4) is 0 Å². The second-order valence-corrected chi connectivity index (χ2v) is 5.64. The molecule has 1 rings (SSSR count). The summed E-state index contributed by atoms with van der Waals surface area (Å²) in [5, 5.41) is 14.4. The van der Waals surface area contributed by atoms with Crippen molar-refractivity contribution in [3.63, 3.8) is 0 Å². The van der Waals surface area contributed by atoms with Crippen LogP contribution in [0.5, 0.6) is 0 Å². The van der Waals surface area contributed by atoms with Gasteiger partial charge in [-0.25, -0.2) is 4.79 Å². The van der Waals surface area contributed by atoms with Crippen LogP contribution in [0.4, 0.5) is 4.79 Å². The summed E-state index contributed by atoms with van der Waals surface area (Å²) in [7, 11) is 0. The number of carboxylic acids is 1. The SMILES string of the molecule is CCC(CNC(=O)NC(C)CN1CCCC1)CC(=O)O. The Balaban J connectivity index is 2.19. The summed E-state index contributed by atoms with van der Waals surface area (Å²) in [4.78, 5) is 24.7. The number of aliphatic carboxylic acids is 1. The number of rotatable bonds is 8. The van der Waals surface area contributed by atoms with Gasteiger partial charge in [0, 0.05) is 25.6 Å². The molecule has 0 saturated carbocycles. The zero-order chi connectivity index (χ0) is 15.0. The topological polar surface area (TPSA) is 81.7 Å². The number of urea groups is 1. The van der Waals surface area contributed by atoms with Crippen molar-refractivity contribution in [3.05, 3.63) is 0 Å². The molecular formula is C14H27N3O3. The molecule has 1 saturated heterocycles. The Labute approximate surface area is 120 Å². The van der Waals surface area contributed by atoms with Gasteiger partial charge in [-0.2, -0.15) is 0 Å². The van der Waals surface area contributed by atoms with Crippen LogP contribution in [-0.2, 0) is 4.79 Å². The average Bonchev–Trinajstić information content (AvgIpc) is 2.86. The van der Waals surface area contributed by atoms with Crippen LogP contribution in [0.2, 0.25) is 0 Å². The van der Waals surface area contributed by atoms with E-state index in [-0.39, 0.29) is 24.4 Å². The van der Waals surface area contributed by atoms with Gasteiger partial charge in [-0.3, -0.25) is 4.79 Å². The maximum atomic E-state index is 11.7. The first kappa shape index (κ1) is 16.8. The van der Waals surface area contributed by atoms with Gasteiger partial charge in [0.2, 0.25) is 0 Å². The Morgan fingerprint density at radius 2 is 1.95 bits per heavy atom. The molecule has 1 aliphatic heterocycles. The second-order valence-electron chi connectivity index (χ2n) is 5.64. The molecule has 2 amide bonds. The van der Waals surface area contributed by atoms with E-state index in [9.17, 15) is 9.59 Å². The Hall–Kier alpha value is -1.30. The number of hydrogen-bond acceptors (Lipinski definition) is 3. The van der Waals surface area contributed by atoms with Gasteiger partial charge in [-0.1, -0.05) is 13.3 Å². The van der Waals surface area contributed by atoms with Crippen molar-refractivity contribution in [1.29, 1.82) is 0 Å². The fourth-order valence-electron chi connectivity index (χ4n) is 2.52. The summed E-state index contributed by atoms with van der Waals surface area (Å²) in [6.45, 7) is 7.44. The number of likely N-dealkylation sites (tertiary alicyclic amines) is 1. The molecular weight excluding hydrogens is 258 g/mol. The zero-order valence-electron chi connectivity index (χ0n) is 12.5. The number of nitrogens with one attached hydrogen (secondary N) is 2. The van der Waals surface area contributed by atoms with Crippen molar-refractivity contribution >= 4 is 12.0 Å². The Morgan fingerprint density at radius 1 is 1.30 bits per heavy atom. The number of carbonyl (C=O) groups is 2. The minimum absolute atomic E-state index is 0.00728. The second kappa shape index (κ2) is 8.79. The molecule has 3 N–H and O–H groups in total. The number of carboxylic acid groups (broad SMARTS) is 1. The van der Waals surface area contributed by atoms with Gasteiger partial charge in [-0.15, -0.1) is 0 Å². The third-order valence-electron chi connectivity index (χ3n) is 3.70. The monoisotopic (exact) mass is 285 g/mol. The molecule has 1 aliphatic rings. The molecule has 0 aromatic heterocycles. The predicted octanol–water partition coefficient (Wildman–Crippen LogP) is 1.27. The maximum absolute atomic E-state index is 11.7. The fraction of sp³-hybridized carbons (Fsp3) is 0.857. The smallest absolute Gasteiger partial charge is 0.315 e. The molecule has 0 radical (unpaired) electrons. The first-order chi connectivity index (χ1) is 9.51. The molecule has 0 aromatic rings. The molecule has 116 valence electrons. The first-order valence-corrected chi connectivity index (χ1v) is 7.49. The van der Waals surface area contributed by atoms with Crippen molar-refractivity contribution in [2.75, 3.05) is 26.2 Å². The third kappa shape index (κ3) is 6.75. The molecule has 1 fully saturated rings. The van der Waals surface area contributed by atoms with Crippen LogP contribution in [0.1, 0.15) is 39.5 Å². The van der Waals surface area contributed by atoms with Crippen LogP contribution in [0.25, 0.3) is 0 Å². The highest BCUT2D eigenvalue weighted by atomic mass is 16.4. The van der Waals surface area contributed by atoms with Crippen molar-refractivity contribution in [2.45, 2.75) is 45.6 Å². The van der Waals surface area contributed by atoms with E-state index >= 15 is 0 Å². The third-order valence-corrected chi connectivity index (χ3v) is 3.70. The lowest BCUT2D eigenvalue weighted by Crippen LogP contribution is -2.46. The van der Waals surface area contributed by atoms with E-state index in [1.165, 1.54) is 12.8 Å². The summed E-state index contributed by atoms with van der Waals surface area (Å²) in [5.74, 6) is -0.825. The van der Waals surface area contributed by atoms with Crippen molar-refractivity contribution in [1.82, 2.24) is 15.5 Å². The van der Waals surface area contributed by atoms with Crippen LogP contribution >= 0.6 is 0 Å². The summed E-state index contributed by atoms with van der Waals surface area (Å²) in [6.07, 6.45) is 3.33. The van der Waals surface area contributed by atoms with Gasteiger partial charge in [0.25, 0.3) is 0 Å². The molecule has 20 heavy (non-hydrogen) atoms. The molecule has 1 heterocycles. The van der Waals surface area contributed by atoms with Crippen LogP contribution in [-0.4, -0.2) is 54.2 Å². The van der Waals surface area contributed by atoms with Gasteiger partial charge in [0.05, 0.1) is 0 Å². The molecule has 2 unspecified atom stereocenters. The van der Waals surface area contributed by atoms with E-state index in [4.69, 9.17) is 5.11 Å². The summed E-state index contributed by atoms with van der Waals surface area (Å²) < 4.78 is 0. The van der Waals surface area contributed by atoms with Gasteiger partial charge in [0.1, 0.15) is 0 Å². The Morgan fingerprint density at radius 3 is 2.50 bits per heavy atom. The normalized spacial score (nSPS) is 18.5. The summed E-state index contributed by atoms with van der Waals surface area (Å²) in [6, 6.07) is -0.104. The van der Waals surface area contributed by atoms with E-state index < -0.39 is 5.97 Å².